The van der Waals surface area contributed by atoms with Gasteiger partial charge in [-0.3, -0.25) is 9.59 Å². The van der Waals surface area contributed by atoms with Crippen LogP contribution in [0.1, 0.15) is 10.4 Å². The van der Waals surface area contributed by atoms with E-state index in [-0.39, 0.29) is 0 Å². The fourth-order valence-corrected chi connectivity index (χ4v) is 1.18. The van der Waals surface area contributed by atoms with Crippen LogP contribution in [0.2, 0.25) is 0 Å². The maximum Gasteiger partial charge on any atom is 0.575 e. The number of halogens is 4. The Hall–Kier alpha value is -2.10. The number of nitrogens with zero attached hydrogens (tertiary/aromatic N) is 1. The minimum Gasteiger partial charge on any atom is -0.369 e. The molecule has 0 bridgehead atoms. The number of nitrogens with one attached hydrogen (secondary N) is 1. The lowest BCUT2D eigenvalue weighted by molar-refractivity contribution is -0.390. The zero-order valence-corrected chi connectivity index (χ0v) is 8.83. The summed E-state index contributed by atoms with van der Waals surface area (Å²) in [5, 5.41) is 8.80. The molecule has 1 N–H and O–H groups in total. The molecular weight excluding hydrogens is 285 g/mol. The number of aromatic amines is 1. The molecule has 0 aromatic carbocycles. The Kier molecular flexibility index (Phi) is 3.60. The second-order valence-corrected chi connectivity index (χ2v) is 3.14. The number of carbonyl (C=O) groups excluding carboxylic acids is 1. The van der Waals surface area contributed by atoms with Gasteiger partial charge in [-0.15, -0.1) is 13.2 Å². The quantitative estimate of drug-likeness (QED) is 0.516. The summed E-state index contributed by atoms with van der Waals surface area (Å²) in [5.41, 5.74) is -2.53. The maximum absolute atomic E-state index is 12.0. The zero-order chi connectivity index (χ0) is 14.1. The van der Waals surface area contributed by atoms with Crippen molar-refractivity contribution in [3.05, 3.63) is 32.0 Å². The molecule has 0 atom stereocenters. The molecular formula is C7H2ClF3N2O5. The van der Waals surface area contributed by atoms with Crippen LogP contribution in [0.25, 0.3) is 0 Å². The Labute approximate surface area is 100 Å². The Morgan fingerprint density at radius 2 is 2.06 bits per heavy atom. The third-order valence-corrected chi connectivity index (χ3v) is 1.78. The van der Waals surface area contributed by atoms with Crippen molar-refractivity contribution in [2.75, 3.05) is 0 Å². The van der Waals surface area contributed by atoms with Crippen molar-refractivity contribution >= 4 is 22.7 Å². The van der Waals surface area contributed by atoms with Gasteiger partial charge < -0.3 is 14.9 Å². The van der Waals surface area contributed by atoms with E-state index >= 15 is 0 Å². The van der Waals surface area contributed by atoms with E-state index in [1.54, 1.807) is 4.98 Å². The van der Waals surface area contributed by atoms with E-state index in [9.17, 15) is 32.9 Å². The first kappa shape index (κ1) is 14.0. The van der Waals surface area contributed by atoms with Crippen molar-refractivity contribution in [3.8, 4) is 5.88 Å². The summed E-state index contributed by atoms with van der Waals surface area (Å²) < 4.78 is 39.2. The van der Waals surface area contributed by atoms with Crippen LogP contribution >= 0.6 is 11.6 Å². The number of alkyl halides is 3. The van der Waals surface area contributed by atoms with Crippen molar-refractivity contribution in [1.82, 2.24) is 4.98 Å². The van der Waals surface area contributed by atoms with Gasteiger partial charge in [-0.05, 0) is 16.5 Å². The normalized spacial score (nSPS) is 11.1. The van der Waals surface area contributed by atoms with Gasteiger partial charge in [0, 0.05) is 0 Å². The highest BCUT2D eigenvalue weighted by atomic mass is 35.5. The highest BCUT2D eigenvalue weighted by Crippen LogP contribution is 2.25. The van der Waals surface area contributed by atoms with Gasteiger partial charge >= 0.3 is 18.1 Å². The smallest absolute Gasteiger partial charge is 0.369 e. The first-order valence-corrected chi connectivity index (χ1v) is 4.37. The molecule has 0 aliphatic heterocycles. The van der Waals surface area contributed by atoms with E-state index in [0.29, 0.717) is 6.07 Å². The second kappa shape index (κ2) is 4.64. The number of nitro groups is 1. The van der Waals surface area contributed by atoms with Crippen molar-refractivity contribution in [2.45, 2.75) is 6.36 Å². The van der Waals surface area contributed by atoms with Gasteiger partial charge in [0.05, 0.1) is 6.07 Å². The average molecular weight is 287 g/mol. The van der Waals surface area contributed by atoms with Gasteiger partial charge in [0.2, 0.25) is 5.43 Å². The summed E-state index contributed by atoms with van der Waals surface area (Å²) in [7, 11) is 0. The van der Waals surface area contributed by atoms with Crippen LogP contribution in [0.15, 0.2) is 10.9 Å². The van der Waals surface area contributed by atoms with Crippen LogP contribution in [0.3, 0.4) is 0 Å². The molecule has 1 aromatic rings. The van der Waals surface area contributed by atoms with E-state index in [1.807, 2.05) is 0 Å². The molecule has 0 aliphatic carbocycles. The van der Waals surface area contributed by atoms with Gasteiger partial charge in [0.15, 0.2) is 5.56 Å². The molecule has 1 rings (SSSR count). The molecule has 11 heteroatoms. The fraction of sp³-hybridized carbons (Fsp3) is 0.143. The second-order valence-electron chi connectivity index (χ2n) is 2.80. The van der Waals surface area contributed by atoms with E-state index in [1.165, 1.54) is 0 Å². The molecule has 0 amide bonds. The third kappa shape index (κ3) is 3.20. The molecule has 0 spiro atoms. The van der Waals surface area contributed by atoms with Crippen molar-refractivity contribution in [3.63, 3.8) is 0 Å². The number of ether oxygens (including phenoxy) is 1. The van der Waals surface area contributed by atoms with Gasteiger partial charge in [-0.25, -0.2) is 4.98 Å². The highest BCUT2D eigenvalue weighted by molar-refractivity contribution is 6.68. The van der Waals surface area contributed by atoms with Crippen LogP contribution in [0.5, 0.6) is 5.88 Å². The third-order valence-electron chi connectivity index (χ3n) is 1.59. The highest BCUT2D eigenvalue weighted by Gasteiger charge is 2.36. The number of carbonyl (C=O) groups is 1. The molecule has 0 radical (unpaired) electrons. The molecule has 0 saturated heterocycles. The first-order chi connectivity index (χ1) is 8.11. The van der Waals surface area contributed by atoms with E-state index in [2.05, 4.69) is 4.74 Å². The molecule has 0 aliphatic rings. The molecule has 1 aromatic heterocycles. The van der Waals surface area contributed by atoms with E-state index in [4.69, 9.17) is 11.6 Å². The van der Waals surface area contributed by atoms with Crippen LogP contribution in [-0.2, 0) is 0 Å². The monoisotopic (exact) mass is 286 g/mol. The number of pyridine rings is 1. The first-order valence-electron chi connectivity index (χ1n) is 3.99. The number of aromatic nitrogens is 1. The predicted molar refractivity (Wildman–Crippen MR) is 50.6 cm³/mol. The zero-order valence-electron chi connectivity index (χ0n) is 8.08. The molecule has 98 valence electrons. The molecule has 0 saturated carbocycles. The number of rotatable bonds is 3. The van der Waals surface area contributed by atoms with Crippen molar-refractivity contribution in [1.29, 1.82) is 0 Å². The Balaban J connectivity index is 3.48. The van der Waals surface area contributed by atoms with Gasteiger partial charge in [0.25, 0.3) is 5.24 Å². The minimum absolute atomic E-state index is 0.318. The summed E-state index contributed by atoms with van der Waals surface area (Å²) in [6.07, 6.45) is -5.25. The fourth-order valence-electron chi connectivity index (χ4n) is 1.000. The molecule has 0 unspecified atom stereocenters. The van der Waals surface area contributed by atoms with Gasteiger partial charge in [-0.1, -0.05) is 0 Å². The molecule has 18 heavy (non-hydrogen) atoms. The summed E-state index contributed by atoms with van der Waals surface area (Å²) in [6, 6.07) is 0.318. The standard InChI is InChI=1S/C7H2ClF3N2O5/c8-5(15)4-2(14)1-3(13(16)17)12-6(4)18-7(9,10)11/h1H,(H,12,14). The molecule has 0 fully saturated rings. The largest absolute Gasteiger partial charge is 0.575 e. The lowest BCUT2D eigenvalue weighted by atomic mass is 10.3. The van der Waals surface area contributed by atoms with Gasteiger partial charge in [0.1, 0.15) is 0 Å². The summed E-state index contributed by atoms with van der Waals surface area (Å²) in [4.78, 5) is 32.7. The van der Waals surface area contributed by atoms with E-state index in [0.717, 1.165) is 0 Å². The van der Waals surface area contributed by atoms with Crippen LogP contribution in [0, 0.1) is 10.1 Å². The lowest BCUT2D eigenvalue weighted by Gasteiger charge is -2.08. The number of hydrogen-bond acceptors (Lipinski definition) is 5. The lowest BCUT2D eigenvalue weighted by Crippen LogP contribution is -2.23. The summed E-state index contributed by atoms with van der Waals surface area (Å²) >= 11 is 4.90. The van der Waals surface area contributed by atoms with E-state index < -0.39 is 39.2 Å². The maximum atomic E-state index is 12.0. The Morgan fingerprint density at radius 1 is 1.50 bits per heavy atom. The Morgan fingerprint density at radius 3 is 2.44 bits per heavy atom. The Bertz CT molecular complexity index is 567. The van der Waals surface area contributed by atoms with Crippen molar-refractivity contribution in [2.24, 2.45) is 0 Å². The van der Waals surface area contributed by atoms with Crippen LogP contribution < -0.4 is 10.2 Å². The topological polar surface area (TPSA) is 102 Å². The summed E-state index contributed by atoms with van der Waals surface area (Å²) in [5.74, 6) is -2.50. The minimum atomic E-state index is -5.25. The molecule has 7 nitrogen and oxygen atoms in total. The number of hydrogen-bond donors (Lipinski definition) is 1. The predicted octanol–water partition coefficient (Wildman–Crippen LogP) is 1.56. The van der Waals surface area contributed by atoms with Gasteiger partial charge in [-0.2, -0.15) is 0 Å². The summed E-state index contributed by atoms with van der Waals surface area (Å²) in [6.45, 7) is 0. The average Bonchev–Trinajstić information content (AvgIpc) is 2.12. The van der Waals surface area contributed by atoms with Crippen LogP contribution in [-0.4, -0.2) is 21.5 Å². The van der Waals surface area contributed by atoms with Crippen molar-refractivity contribution < 1.29 is 27.6 Å². The molecule has 1 heterocycles. The van der Waals surface area contributed by atoms with Crippen LogP contribution in [0.4, 0.5) is 19.0 Å². The SMILES string of the molecule is O=C(Cl)c1c(OC(F)(F)F)[nH]c([N+](=O)[O-])cc1=O. The number of H-pyrrole nitrogens is 1.